The normalized spacial score (nSPS) is 27.4. The first-order valence-electron chi connectivity index (χ1n) is 7.71. The van der Waals surface area contributed by atoms with Gasteiger partial charge in [0.1, 0.15) is 5.75 Å². The minimum absolute atomic E-state index is 0.0239. The largest absolute Gasteiger partial charge is 0.496 e. The summed E-state index contributed by atoms with van der Waals surface area (Å²) < 4.78 is 12.2. The van der Waals surface area contributed by atoms with Gasteiger partial charge in [-0.05, 0) is 66.7 Å². The number of nitrogens with one attached hydrogen (secondary N) is 1. The molecule has 3 unspecified atom stereocenters. The lowest BCUT2D eigenvalue weighted by Crippen LogP contribution is -2.45. The molecule has 1 aromatic carbocycles. The lowest BCUT2D eigenvalue weighted by molar-refractivity contribution is -0.0789. The molecular formula is C17H26BrNO2. The second-order valence-corrected chi connectivity index (χ2v) is 6.98. The maximum atomic E-state index is 5.92. The highest BCUT2D eigenvalue weighted by atomic mass is 79.9. The summed E-state index contributed by atoms with van der Waals surface area (Å²) in [6.45, 7) is 7.48. The maximum absolute atomic E-state index is 5.92. The quantitative estimate of drug-likeness (QED) is 0.845. The maximum Gasteiger partial charge on any atom is 0.133 e. The number of hydrogen-bond donors (Lipinski definition) is 1. The summed E-state index contributed by atoms with van der Waals surface area (Å²) in [5.41, 5.74) is 1.29. The van der Waals surface area contributed by atoms with Crippen LogP contribution in [0.3, 0.4) is 0 Å². The van der Waals surface area contributed by atoms with Crippen LogP contribution in [0.5, 0.6) is 5.75 Å². The van der Waals surface area contributed by atoms with Crippen molar-refractivity contribution in [3.8, 4) is 5.75 Å². The Hall–Kier alpha value is -0.580. The van der Waals surface area contributed by atoms with Gasteiger partial charge in [-0.1, -0.05) is 13.0 Å². The number of rotatable bonds is 5. The van der Waals surface area contributed by atoms with Crippen molar-refractivity contribution < 1.29 is 9.47 Å². The molecule has 0 aliphatic carbocycles. The first kappa shape index (κ1) is 16.8. The van der Waals surface area contributed by atoms with Crippen molar-refractivity contribution in [2.75, 3.05) is 13.7 Å². The van der Waals surface area contributed by atoms with Crippen LogP contribution in [0, 0.1) is 0 Å². The Labute approximate surface area is 136 Å². The lowest BCUT2D eigenvalue weighted by Gasteiger charge is -2.39. The van der Waals surface area contributed by atoms with Crippen LogP contribution in [-0.4, -0.2) is 25.4 Å². The van der Waals surface area contributed by atoms with Crippen molar-refractivity contribution in [1.29, 1.82) is 0 Å². The fourth-order valence-corrected chi connectivity index (χ4v) is 3.48. The first-order valence-corrected chi connectivity index (χ1v) is 8.50. The standard InChI is InChI=1S/C17H26BrNO2/c1-5-17(3)11-14(8-9-21-17)19-12(2)13-6-7-16(20-4)15(18)10-13/h6-7,10,12,14,19H,5,8-9,11H2,1-4H3. The number of ether oxygens (including phenoxy) is 2. The Morgan fingerprint density at radius 2 is 2.29 bits per heavy atom. The van der Waals surface area contributed by atoms with Crippen molar-refractivity contribution >= 4 is 15.9 Å². The van der Waals surface area contributed by atoms with Crippen molar-refractivity contribution in [2.24, 2.45) is 0 Å². The van der Waals surface area contributed by atoms with Crippen LogP contribution in [0.4, 0.5) is 0 Å². The van der Waals surface area contributed by atoms with Gasteiger partial charge in [-0.25, -0.2) is 0 Å². The fraction of sp³-hybridized carbons (Fsp3) is 0.647. The molecule has 1 N–H and O–H groups in total. The molecule has 1 heterocycles. The van der Waals surface area contributed by atoms with E-state index in [2.05, 4.69) is 54.2 Å². The second kappa shape index (κ2) is 7.12. The predicted octanol–water partition coefficient (Wildman–Crippen LogP) is 4.46. The summed E-state index contributed by atoms with van der Waals surface area (Å²) in [5, 5.41) is 3.75. The molecule has 2 rings (SSSR count). The third-order valence-electron chi connectivity index (χ3n) is 4.50. The van der Waals surface area contributed by atoms with Crippen molar-refractivity contribution in [3.05, 3.63) is 28.2 Å². The molecule has 1 aromatic rings. The molecule has 1 aliphatic heterocycles. The summed E-state index contributed by atoms with van der Waals surface area (Å²) >= 11 is 3.56. The lowest BCUT2D eigenvalue weighted by atomic mass is 9.89. The van der Waals surface area contributed by atoms with Gasteiger partial charge in [-0.2, -0.15) is 0 Å². The summed E-state index contributed by atoms with van der Waals surface area (Å²) in [5.74, 6) is 0.871. The molecule has 0 spiro atoms. The number of halogens is 1. The highest BCUT2D eigenvalue weighted by molar-refractivity contribution is 9.10. The van der Waals surface area contributed by atoms with E-state index >= 15 is 0 Å². The number of hydrogen-bond acceptors (Lipinski definition) is 3. The molecule has 4 heteroatoms. The van der Waals surface area contributed by atoms with Gasteiger partial charge in [0.05, 0.1) is 17.2 Å². The highest BCUT2D eigenvalue weighted by Crippen LogP contribution is 2.31. The Morgan fingerprint density at radius 3 is 2.90 bits per heavy atom. The predicted molar refractivity (Wildman–Crippen MR) is 89.9 cm³/mol. The smallest absolute Gasteiger partial charge is 0.133 e. The van der Waals surface area contributed by atoms with Gasteiger partial charge in [-0.15, -0.1) is 0 Å². The average Bonchev–Trinajstić information content (AvgIpc) is 2.47. The molecule has 0 aromatic heterocycles. The fourth-order valence-electron chi connectivity index (χ4n) is 2.92. The Kier molecular flexibility index (Phi) is 5.69. The van der Waals surface area contributed by atoms with Gasteiger partial charge < -0.3 is 14.8 Å². The van der Waals surface area contributed by atoms with Crippen LogP contribution in [0.1, 0.15) is 51.6 Å². The second-order valence-electron chi connectivity index (χ2n) is 6.12. The zero-order chi connectivity index (χ0) is 15.5. The minimum atomic E-state index is 0.0239. The number of methoxy groups -OCH3 is 1. The Bertz CT molecular complexity index is 480. The Morgan fingerprint density at radius 1 is 1.52 bits per heavy atom. The zero-order valence-electron chi connectivity index (χ0n) is 13.4. The molecule has 3 nitrogen and oxygen atoms in total. The van der Waals surface area contributed by atoms with Gasteiger partial charge >= 0.3 is 0 Å². The highest BCUT2D eigenvalue weighted by Gasteiger charge is 2.32. The van der Waals surface area contributed by atoms with E-state index in [1.165, 1.54) is 5.56 Å². The van der Waals surface area contributed by atoms with E-state index in [9.17, 15) is 0 Å². The molecule has 0 amide bonds. The van der Waals surface area contributed by atoms with Crippen LogP contribution < -0.4 is 10.1 Å². The van der Waals surface area contributed by atoms with E-state index in [4.69, 9.17) is 9.47 Å². The van der Waals surface area contributed by atoms with E-state index in [0.717, 1.165) is 36.1 Å². The van der Waals surface area contributed by atoms with Crippen LogP contribution >= 0.6 is 15.9 Å². The van der Waals surface area contributed by atoms with Crippen LogP contribution in [0.2, 0.25) is 0 Å². The van der Waals surface area contributed by atoms with Crippen molar-refractivity contribution in [1.82, 2.24) is 5.32 Å². The molecular weight excluding hydrogens is 330 g/mol. The number of benzene rings is 1. The Balaban J connectivity index is 2.01. The summed E-state index contributed by atoms with van der Waals surface area (Å²) in [7, 11) is 1.69. The monoisotopic (exact) mass is 355 g/mol. The van der Waals surface area contributed by atoms with E-state index in [-0.39, 0.29) is 5.60 Å². The van der Waals surface area contributed by atoms with Crippen LogP contribution in [0.15, 0.2) is 22.7 Å². The van der Waals surface area contributed by atoms with E-state index in [1.54, 1.807) is 7.11 Å². The van der Waals surface area contributed by atoms with Gasteiger partial charge in [-0.3, -0.25) is 0 Å². The molecule has 1 aliphatic rings. The molecule has 0 bridgehead atoms. The third-order valence-corrected chi connectivity index (χ3v) is 5.12. The summed E-state index contributed by atoms with van der Waals surface area (Å²) in [4.78, 5) is 0. The first-order chi connectivity index (χ1) is 9.97. The molecule has 0 radical (unpaired) electrons. The van der Waals surface area contributed by atoms with Crippen molar-refractivity contribution in [3.63, 3.8) is 0 Å². The molecule has 0 saturated carbocycles. The van der Waals surface area contributed by atoms with Gasteiger partial charge in [0, 0.05) is 18.7 Å². The third kappa shape index (κ3) is 4.21. The summed E-state index contributed by atoms with van der Waals surface area (Å²) in [6, 6.07) is 7.10. The van der Waals surface area contributed by atoms with Gasteiger partial charge in [0.25, 0.3) is 0 Å². The molecule has 1 saturated heterocycles. The molecule has 3 atom stereocenters. The minimum Gasteiger partial charge on any atom is -0.496 e. The van der Waals surface area contributed by atoms with Gasteiger partial charge in [0.2, 0.25) is 0 Å². The average molecular weight is 356 g/mol. The molecule has 118 valence electrons. The van der Waals surface area contributed by atoms with E-state index in [0.29, 0.717) is 12.1 Å². The van der Waals surface area contributed by atoms with Crippen molar-refractivity contribution in [2.45, 2.75) is 57.7 Å². The summed E-state index contributed by atoms with van der Waals surface area (Å²) in [6.07, 6.45) is 3.22. The van der Waals surface area contributed by atoms with E-state index in [1.807, 2.05) is 6.07 Å². The van der Waals surface area contributed by atoms with Gasteiger partial charge in [0.15, 0.2) is 0 Å². The van der Waals surface area contributed by atoms with E-state index < -0.39 is 0 Å². The van der Waals surface area contributed by atoms with Crippen LogP contribution in [-0.2, 0) is 4.74 Å². The topological polar surface area (TPSA) is 30.5 Å². The SMILES string of the molecule is CCC1(C)CC(NC(C)c2ccc(OC)c(Br)c2)CCO1. The van der Waals surface area contributed by atoms with Crippen LogP contribution in [0.25, 0.3) is 0 Å². The molecule has 1 fully saturated rings. The molecule has 21 heavy (non-hydrogen) atoms. The zero-order valence-corrected chi connectivity index (χ0v) is 15.0.